The molecule has 0 heterocycles. The number of carbonyl (C=O) groups is 1. The molecule has 0 spiro atoms. The molecule has 0 amide bonds. The van der Waals surface area contributed by atoms with Crippen LogP contribution < -0.4 is 0 Å². The third-order valence-corrected chi connectivity index (χ3v) is 2.50. The van der Waals surface area contributed by atoms with Crippen molar-refractivity contribution in [2.45, 2.75) is 6.10 Å². The van der Waals surface area contributed by atoms with Crippen LogP contribution in [-0.2, 0) is 14.3 Å². The van der Waals surface area contributed by atoms with Gasteiger partial charge in [-0.15, -0.1) is 6.58 Å². The highest BCUT2D eigenvalue weighted by atomic mass is 79.9. The zero-order valence-corrected chi connectivity index (χ0v) is 10.6. The third-order valence-electron chi connectivity index (χ3n) is 1.97. The van der Waals surface area contributed by atoms with E-state index in [4.69, 9.17) is 4.74 Å². The molecule has 1 aromatic carbocycles. The molecule has 1 rings (SSSR count). The highest BCUT2D eigenvalue weighted by Crippen LogP contribution is 2.21. The Balaban J connectivity index is 2.86. The van der Waals surface area contributed by atoms with Crippen LogP contribution in [0.2, 0.25) is 0 Å². The molecule has 0 fully saturated rings. The average Bonchev–Trinajstić information content (AvgIpc) is 2.31. The van der Waals surface area contributed by atoms with Crippen LogP contribution in [0.25, 0.3) is 0 Å². The molecule has 0 N–H and O–H groups in total. The van der Waals surface area contributed by atoms with Gasteiger partial charge in [0, 0.05) is 4.47 Å². The molecule has 0 aliphatic heterocycles. The molecule has 1 unspecified atom stereocenters. The van der Waals surface area contributed by atoms with Crippen molar-refractivity contribution in [1.82, 2.24) is 0 Å². The third kappa shape index (κ3) is 3.47. The van der Waals surface area contributed by atoms with Gasteiger partial charge >= 0.3 is 5.97 Å². The van der Waals surface area contributed by atoms with Crippen molar-refractivity contribution in [3.63, 3.8) is 0 Å². The summed E-state index contributed by atoms with van der Waals surface area (Å²) in [5.74, 6) is -0.413. The van der Waals surface area contributed by atoms with Gasteiger partial charge in [0.2, 0.25) is 0 Å². The largest absolute Gasteiger partial charge is 0.467 e. The molecule has 3 nitrogen and oxygen atoms in total. The minimum Gasteiger partial charge on any atom is -0.467 e. The van der Waals surface area contributed by atoms with E-state index >= 15 is 0 Å². The van der Waals surface area contributed by atoms with Gasteiger partial charge in [-0.3, -0.25) is 0 Å². The van der Waals surface area contributed by atoms with E-state index < -0.39 is 12.1 Å². The summed E-state index contributed by atoms with van der Waals surface area (Å²) in [4.78, 5) is 11.5. The maximum atomic E-state index is 11.5. The molecule has 16 heavy (non-hydrogen) atoms. The first-order valence-electron chi connectivity index (χ1n) is 4.75. The lowest BCUT2D eigenvalue weighted by atomic mass is 10.1. The molecule has 86 valence electrons. The summed E-state index contributed by atoms with van der Waals surface area (Å²) in [7, 11) is 1.34. The maximum Gasteiger partial charge on any atom is 0.339 e. The highest BCUT2D eigenvalue weighted by Gasteiger charge is 2.21. The van der Waals surface area contributed by atoms with Gasteiger partial charge in [0.05, 0.1) is 13.7 Å². The van der Waals surface area contributed by atoms with Crippen LogP contribution >= 0.6 is 15.9 Å². The molecule has 0 bridgehead atoms. The first-order chi connectivity index (χ1) is 7.69. The summed E-state index contributed by atoms with van der Waals surface area (Å²) in [5.41, 5.74) is 0.761. The van der Waals surface area contributed by atoms with Crippen LogP contribution in [0.5, 0.6) is 0 Å². The van der Waals surface area contributed by atoms with Gasteiger partial charge in [-0.05, 0) is 17.7 Å². The van der Waals surface area contributed by atoms with Gasteiger partial charge in [0.15, 0.2) is 6.10 Å². The van der Waals surface area contributed by atoms with Crippen LogP contribution in [-0.4, -0.2) is 19.7 Å². The Morgan fingerprint density at radius 3 is 2.62 bits per heavy atom. The fraction of sp³-hybridized carbons (Fsp3) is 0.250. The topological polar surface area (TPSA) is 35.5 Å². The minimum absolute atomic E-state index is 0.301. The second-order valence-electron chi connectivity index (χ2n) is 3.08. The lowest BCUT2D eigenvalue weighted by Crippen LogP contribution is -2.17. The van der Waals surface area contributed by atoms with Crippen molar-refractivity contribution in [3.8, 4) is 0 Å². The van der Waals surface area contributed by atoms with E-state index in [0.29, 0.717) is 6.61 Å². The first kappa shape index (κ1) is 12.9. The van der Waals surface area contributed by atoms with E-state index in [2.05, 4.69) is 27.2 Å². The van der Waals surface area contributed by atoms with Crippen LogP contribution in [0.1, 0.15) is 11.7 Å². The van der Waals surface area contributed by atoms with Crippen molar-refractivity contribution >= 4 is 21.9 Å². The molecule has 0 saturated heterocycles. The van der Waals surface area contributed by atoms with Crippen LogP contribution in [0.4, 0.5) is 0 Å². The number of methoxy groups -OCH3 is 1. The second-order valence-corrected chi connectivity index (χ2v) is 3.99. The Labute approximate surface area is 103 Å². The number of esters is 1. The molecule has 0 aliphatic rings. The molecule has 1 aromatic rings. The SMILES string of the molecule is C=CCOC(C(=O)OC)c1ccc(Br)cc1. The fourth-order valence-corrected chi connectivity index (χ4v) is 1.47. The summed E-state index contributed by atoms with van der Waals surface area (Å²) in [6.07, 6.45) is 0.894. The summed E-state index contributed by atoms with van der Waals surface area (Å²) in [5, 5.41) is 0. The zero-order chi connectivity index (χ0) is 12.0. The van der Waals surface area contributed by atoms with Crippen molar-refractivity contribution in [2.24, 2.45) is 0 Å². The Kier molecular flexibility index (Phi) is 5.22. The Bertz CT molecular complexity index is 359. The Hall–Kier alpha value is -1.13. The quantitative estimate of drug-likeness (QED) is 0.616. The summed E-state index contributed by atoms with van der Waals surface area (Å²) >= 11 is 3.33. The Morgan fingerprint density at radius 2 is 2.12 bits per heavy atom. The first-order valence-corrected chi connectivity index (χ1v) is 5.54. The predicted octanol–water partition coefficient (Wildman–Crippen LogP) is 2.87. The number of rotatable bonds is 5. The fourth-order valence-electron chi connectivity index (χ4n) is 1.21. The minimum atomic E-state index is -0.698. The Morgan fingerprint density at radius 1 is 1.50 bits per heavy atom. The van der Waals surface area contributed by atoms with E-state index in [9.17, 15) is 4.79 Å². The summed E-state index contributed by atoms with van der Waals surface area (Å²) in [6.45, 7) is 3.84. The van der Waals surface area contributed by atoms with Gasteiger partial charge in [-0.25, -0.2) is 4.79 Å². The van der Waals surface area contributed by atoms with Gasteiger partial charge in [-0.1, -0.05) is 34.1 Å². The molecular weight excluding hydrogens is 272 g/mol. The average molecular weight is 285 g/mol. The number of halogens is 1. The number of hydrogen-bond acceptors (Lipinski definition) is 3. The van der Waals surface area contributed by atoms with Gasteiger partial charge in [0.1, 0.15) is 0 Å². The highest BCUT2D eigenvalue weighted by molar-refractivity contribution is 9.10. The zero-order valence-electron chi connectivity index (χ0n) is 8.98. The molecular formula is C12H13BrO3. The molecule has 1 atom stereocenters. The monoisotopic (exact) mass is 284 g/mol. The lowest BCUT2D eigenvalue weighted by molar-refractivity contribution is -0.153. The van der Waals surface area contributed by atoms with E-state index in [-0.39, 0.29) is 0 Å². The van der Waals surface area contributed by atoms with E-state index in [1.54, 1.807) is 6.08 Å². The van der Waals surface area contributed by atoms with Crippen LogP contribution in [0.3, 0.4) is 0 Å². The van der Waals surface area contributed by atoms with Gasteiger partial charge in [-0.2, -0.15) is 0 Å². The lowest BCUT2D eigenvalue weighted by Gasteiger charge is -2.14. The molecule has 0 aromatic heterocycles. The van der Waals surface area contributed by atoms with Crippen LogP contribution in [0, 0.1) is 0 Å². The molecule has 0 aliphatic carbocycles. The smallest absolute Gasteiger partial charge is 0.339 e. The number of benzene rings is 1. The van der Waals surface area contributed by atoms with Crippen LogP contribution in [0.15, 0.2) is 41.4 Å². The summed E-state index contributed by atoms with van der Waals surface area (Å²) in [6, 6.07) is 7.33. The molecule has 4 heteroatoms. The van der Waals surface area contributed by atoms with Gasteiger partial charge < -0.3 is 9.47 Å². The van der Waals surface area contributed by atoms with E-state index in [0.717, 1.165) is 10.0 Å². The van der Waals surface area contributed by atoms with Gasteiger partial charge in [0.25, 0.3) is 0 Å². The predicted molar refractivity (Wildman–Crippen MR) is 65.0 cm³/mol. The van der Waals surface area contributed by atoms with Crippen molar-refractivity contribution in [3.05, 3.63) is 47.0 Å². The van der Waals surface area contributed by atoms with Crippen molar-refractivity contribution in [2.75, 3.05) is 13.7 Å². The standard InChI is InChI=1S/C12H13BrO3/c1-3-8-16-11(12(14)15-2)9-4-6-10(13)7-5-9/h3-7,11H,1,8H2,2H3. The normalized spacial score (nSPS) is 11.9. The van der Waals surface area contributed by atoms with E-state index in [1.807, 2.05) is 24.3 Å². The number of hydrogen-bond donors (Lipinski definition) is 0. The second kappa shape index (κ2) is 6.45. The molecule has 0 radical (unpaired) electrons. The number of carbonyl (C=O) groups excluding carboxylic acids is 1. The molecule has 0 saturated carbocycles. The number of ether oxygens (including phenoxy) is 2. The summed E-state index contributed by atoms with van der Waals surface area (Å²) < 4.78 is 11.0. The van der Waals surface area contributed by atoms with Crippen molar-refractivity contribution < 1.29 is 14.3 Å². The maximum absolute atomic E-state index is 11.5. The van der Waals surface area contributed by atoms with Crippen molar-refractivity contribution in [1.29, 1.82) is 0 Å². The van der Waals surface area contributed by atoms with E-state index in [1.165, 1.54) is 7.11 Å².